The fourth-order valence-corrected chi connectivity index (χ4v) is 4.75. The van der Waals surface area contributed by atoms with E-state index in [-0.39, 0.29) is 5.75 Å². The first kappa shape index (κ1) is 19.4. The van der Waals surface area contributed by atoms with Crippen molar-refractivity contribution in [3.05, 3.63) is 63.3 Å². The number of rotatable bonds is 3. The molecule has 0 saturated carbocycles. The molecule has 2 nitrogen and oxygen atoms in total. The summed E-state index contributed by atoms with van der Waals surface area (Å²) in [6, 6.07) is 9.46. The fraction of sp³-hybridized carbons (Fsp3) is 0.150. The zero-order valence-electron chi connectivity index (χ0n) is 14.2. The second-order valence-electron chi connectivity index (χ2n) is 6.13. The van der Waals surface area contributed by atoms with Gasteiger partial charge in [0.05, 0.1) is 11.2 Å². The number of pyridine rings is 1. The zero-order chi connectivity index (χ0) is 19.9. The minimum Gasteiger partial charge on any atom is -0.406 e. The summed E-state index contributed by atoms with van der Waals surface area (Å²) in [6.45, 7) is 0. The summed E-state index contributed by atoms with van der Waals surface area (Å²) in [6.07, 6.45) is -0.199. The monoisotopic (exact) mass is 441 g/mol. The second-order valence-corrected chi connectivity index (χ2v) is 8.08. The van der Waals surface area contributed by atoms with Crippen molar-refractivity contribution in [1.29, 1.82) is 0 Å². The van der Waals surface area contributed by atoms with Crippen LogP contribution in [0.4, 0.5) is 13.2 Å². The first-order chi connectivity index (χ1) is 13.3. The van der Waals surface area contributed by atoms with Gasteiger partial charge in [-0.05, 0) is 54.0 Å². The average Bonchev–Trinajstić information content (AvgIpc) is 3.10. The molecule has 0 spiro atoms. The number of benzene rings is 2. The minimum atomic E-state index is -4.72. The lowest BCUT2D eigenvalue weighted by Crippen LogP contribution is -2.17. The van der Waals surface area contributed by atoms with E-state index in [9.17, 15) is 13.2 Å². The summed E-state index contributed by atoms with van der Waals surface area (Å²) in [5.74, 6) is 0.607. The van der Waals surface area contributed by atoms with Crippen LogP contribution in [0.5, 0.6) is 5.75 Å². The zero-order valence-corrected chi connectivity index (χ0v) is 16.5. The summed E-state index contributed by atoms with van der Waals surface area (Å²) in [5.41, 5.74) is 3.22. The highest BCUT2D eigenvalue weighted by atomic mass is 35.5. The molecule has 0 N–H and O–H groups in total. The van der Waals surface area contributed by atoms with Crippen LogP contribution < -0.4 is 4.74 Å². The number of thioether (sulfide) groups is 1. The Morgan fingerprint density at radius 2 is 1.89 bits per heavy atom. The molecule has 1 aromatic heterocycles. The third-order valence-corrected chi connectivity index (χ3v) is 5.98. The third kappa shape index (κ3) is 4.09. The van der Waals surface area contributed by atoms with Crippen LogP contribution in [0.2, 0.25) is 10.0 Å². The predicted octanol–water partition coefficient (Wildman–Crippen LogP) is 7.26. The van der Waals surface area contributed by atoms with Crippen LogP contribution in [0.25, 0.3) is 23.1 Å². The molecule has 0 amide bonds. The van der Waals surface area contributed by atoms with Crippen molar-refractivity contribution in [2.24, 2.45) is 0 Å². The molecule has 0 atom stereocenters. The number of alkyl halides is 3. The summed E-state index contributed by atoms with van der Waals surface area (Å²) < 4.78 is 41.6. The van der Waals surface area contributed by atoms with Gasteiger partial charge in [0, 0.05) is 26.1 Å². The Bertz CT molecular complexity index is 1100. The van der Waals surface area contributed by atoms with Crippen LogP contribution in [0.1, 0.15) is 16.8 Å². The van der Waals surface area contributed by atoms with E-state index in [1.165, 1.54) is 12.1 Å². The Labute approximate surface area is 173 Å². The molecule has 2 heterocycles. The van der Waals surface area contributed by atoms with Crippen LogP contribution in [-0.2, 0) is 6.42 Å². The number of halogens is 5. The van der Waals surface area contributed by atoms with Crippen molar-refractivity contribution < 1.29 is 17.9 Å². The second kappa shape index (κ2) is 7.50. The maximum atomic E-state index is 12.5. The van der Waals surface area contributed by atoms with E-state index in [1.807, 2.05) is 18.2 Å². The predicted molar refractivity (Wildman–Crippen MR) is 108 cm³/mol. The Morgan fingerprint density at radius 3 is 2.64 bits per heavy atom. The van der Waals surface area contributed by atoms with E-state index in [1.54, 1.807) is 30.0 Å². The van der Waals surface area contributed by atoms with Gasteiger partial charge in [0.1, 0.15) is 5.75 Å². The number of nitrogens with zero attached hydrogens (tertiary/aromatic N) is 1. The van der Waals surface area contributed by atoms with Crippen LogP contribution in [0, 0.1) is 0 Å². The first-order valence-electron chi connectivity index (χ1n) is 8.28. The quantitative estimate of drug-likeness (QED) is 0.426. The molecule has 0 unspecified atom stereocenters. The van der Waals surface area contributed by atoms with Crippen molar-refractivity contribution in [2.45, 2.75) is 17.7 Å². The third-order valence-electron chi connectivity index (χ3n) is 4.25. The number of aromatic nitrogens is 1. The van der Waals surface area contributed by atoms with Gasteiger partial charge in [-0.15, -0.1) is 24.9 Å². The normalized spacial score (nSPS) is 14.0. The van der Waals surface area contributed by atoms with Gasteiger partial charge in [-0.3, -0.25) is 0 Å². The number of fused-ring (bicyclic) bond motifs is 3. The highest BCUT2D eigenvalue weighted by Gasteiger charge is 2.31. The molecular weight excluding hydrogens is 430 g/mol. The molecule has 4 rings (SSSR count). The van der Waals surface area contributed by atoms with Crippen molar-refractivity contribution in [2.75, 3.05) is 5.75 Å². The lowest BCUT2D eigenvalue weighted by atomic mass is 10.1. The maximum Gasteiger partial charge on any atom is 0.573 e. The lowest BCUT2D eigenvalue weighted by molar-refractivity contribution is -0.274. The molecule has 2 aromatic carbocycles. The van der Waals surface area contributed by atoms with Gasteiger partial charge in [0.25, 0.3) is 0 Å². The molecule has 0 aliphatic carbocycles. The summed E-state index contributed by atoms with van der Waals surface area (Å²) >= 11 is 13.7. The van der Waals surface area contributed by atoms with E-state index >= 15 is 0 Å². The van der Waals surface area contributed by atoms with E-state index in [2.05, 4.69) is 9.72 Å². The van der Waals surface area contributed by atoms with Crippen molar-refractivity contribution in [3.8, 4) is 5.75 Å². The molecule has 0 saturated heterocycles. The highest BCUT2D eigenvalue weighted by molar-refractivity contribution is 7.99. The molecule has 8 heteroatoms. The van der Waals surface area contributed by atoms with E-state index in [0.717, 1.165) is 33.9 Å². The molecule has 3 aromatic rings. The Balaban J connectivity index is 1.76. The van der Waals surface area contributed by atoms with Crippen molar-refractivity contribution in [1.82, 2.24) is 4.98 Å². The molecule has 0 bridgehead atoms. The SMILES string of the molecule is FC(F)(F)Oc1ccc2nc(/C=C/c3ccc(Cl)cc3Cl)c3c(c2c1)SCC3. The maximum absolute atomic E-state index is 12.5. The summed E-state index contributed by atoms with van der Waals surface area (Å²) in [5, 5.41) is 1.76. The molecule has 1 aliphatic rings. The molecule has 28 heavy (non-hydrogen) atoms. The van der Waals surface area contributed by atoms with E-state index in [0.29, 0.717) is 20.9 Å². The van der Waals surface area contributed by atoms with Crippen LogP contribution in [0.15, 0.2) is 41.3 Å². The van der Waals surface area contributed by atoms with Crippen LogP contribution >= 0.6 is 35.0 Å². The molecule has 0 radical (unpaired) electrons. The largest absolute Gasteiger partial charge is 0.573 e. The van der Waals surface area contributed by atoms with Crippen LogP contribution in [0.3, 0.4) is 0 Å². The van der Waals surface area contributed by atoms with Gasteiger partial charge >= 0.3 is 6.36 Å². The number of hydrogen-bond acceptors (Lipinski definition) is 3. The van der Waals surface area contributed by atoms with Gasteiger partial charge < -0.3 is 4.74 Å². The molecular formula is C20H12Cl2F3NOS. The first-order valence-corrected chi connectivity index (χ1v) is 10.0. The summed E-state index contributed by atoms with van der Waals surface area (Å²) in [4.78, 5) is 5.58. The molecule has 144 valence electrons. The average molecular weight is 442 g/mol. The summed E-state index contributed by atoms with van der Waals surface area (Å²) in [7, 11) is 0. The topological polar surface area (TPSA) is 22.1 Å². The van der Waals surface area contributed by atoms with Crippen molar-refractivity contribution in [3.63, 3.8) is 0 Å². The van der Waals surface area contributed by atoms with E-state index in [4.69, 9.17) is 23.2 Å². The van der Waals surface area contributed by atoms with Gasteiger partial charge in [-0.2, -0.15) is 0 Å². The number of hydrogen-bond donors (Lipinski definition) is 0. The van der Waals surface area contributed by atoms with E-state index < -0.39 is 6.36 Å². The number of ether oxygens (including phenoxy) is 1. The Morgan fingerprint density at radius 1 is 1.07 bits per heavy atom. The van der Waals surface area contributed by atoms with Gasteiger partial charge in [-0.1, -0.05) is 35.3 Å². The Hall–Kier alpha value is -1.89. The Kier molecular flexibility index (Phi) is 5.21. The lowest BCUT2D eigenvalue weighted by Gasteiger charge is -2.12. The minimum absolute atomic E-state index is 0.243. The van der Waals surface area contributed by atoms with Gasteiger partial charge in [-0.25, -0.2) is 4.98 Å². The highest BCUT2D eigenvalue weighted by Crippen LogP contribution is 2.40. The fourth-order valence-electron chi connectivity index (χ4n) is 3.07. The molecule has 1 aliphatic heterocycles. The molecule has 0 fully saturated rings. The van der Waals surface area contributed by atoms with Crippen LogP contribution in [-0.4, -0.2) is 17.1 Å². The van der Waals surface area contributed by atoms with Crippen molar-refractivity contribution >= 4 is 58.0 Å². The standard InChI is InChI=1S/C20H12Cl2F3NOS/c21-12-3-1-11(16(22)9-12)2-5-17-14-7-8-28-19(14)15-10-13(27-20(23,24)25)4-6-18(15)26-17/h1-6,9-10H,7-8H2/b5-2+. The van der Waals surface area contributed by atoms with Gasteiger partial charge in [0.2, 0.25) is 0 Å². The smallest absolute Gasteiger partial charge is 0.406 e. The van der Waals surface area contributed by atoms with Gasteiger partial charge in [0.15, 0.2) is 0 Å².